The van der Waals surface area contributed by atoms with Gasteiger partial charge >= 0.3 is 0 Å². The Kier molecular flexibility index (Phi) is 3.46. The van der Waals surface area contributed by atoms with Crippen LogP contribution in [0.5, 0.6) is 0 Å². The Labute approximate surface area is 122 Å². The molecule has 0 bridgehead atoms. The summed E-state index contributed by atoms with van der Waals surface area (Å²) >= 11 is 1.72. The molecule has 2 aliphatic rings. The number of carbonyl (C=O) groups is 2. The van der Waals surface area contributed by atoms with Crippen molar-refractivity contribution in [2.45, 2.75) is 37.2 Å². The van der Waals surface area contributed by atoms with Crippen molar-refractivity contribution in [3.63, 3.8) is 0 Å². The van der Waals surface area contributed by atoms with Crippen molar-refractivity contribution in [2.75, 3.05) is 5.75 Å². The maximum Gasteiger partial charge on any atom is 0.243 e. The summed E-state index contributed by atoms with van der Waals surface area (Å²) in [5.74, 6) is 0.765. The van der Waals surface area contributed by atoms with Crippen molar-refractivity contribution in [3.05, 3.63) is 35.9 Å². The van der Waals surface area contributed by atoms with Gasteiger partial charge in [-0.15, -0.1) is 11.8 Å². The number of amides is 2. The number of benzene rings is 1. The number of fused-ring (bicyclic) bond motifs is 1. The SMILES string of the molecule is C[C@@]12CCC(=O)N1[C@H](C(=O)NCc1ccccc1)CS2. The number of hydrogen-bond donors (Lipinski definition) is 1. The molecule has 5 heteroatoms. The van der Waals surface area contributed by atoms with Crippen LogP contribution in [0.15, 0.2) is 30.3 Å². The van der Waals surface area contributed by atoms with E-state index in [-0.39, 0.29) is 22.7 Å². The molecule has 0 unspecified atom stereocenters. The fourth-order valence-corrected chi connectivity index (χ4v) is 4.35. The van der Waals surface area contributed by atoms with Gasteiger partial charge in [0.2, 0.25) is 11.8 Å². The highest BCUT2D eigenvalue weighted by atomic mass is 32.2. The molecule has 0 saturated carbocycles. The van der Waals surface area contributed by atoms with Gasteiger partial charge in [0.1, 0.15) is 6.04 Å². The fourth-order valence-electron chi connectivity index (χ4n) is 2.92. The summed E-state index contributed by atoms with van der Waals surface area (Å²) in [5.41, 5.74) is 1.07. The lowest BCUT2D eigenvalue weighted by atomic mass is 10.2. The van der Waals surface area contributed by atoms with Crippen LogP contribution in [0.25, 0.3) is 0 Å². The molecule has 0 aromatic heterocycles. The van der Waals surface area contributed by atoms with Gasteiger partial charge < -0.3 is 10.2 Å². The van der Waals surface area contributed by atoms with Crippen molar-refractivity contribution in [3.8, 4) is 0 Å². The maximum absolute atomic E-state index is 12.3. The Morgan fingerprint density at radius 3 is 2.95 bits per heavy atom. The van der Waals surface area contributed by atoms with E-state index in [0.717, 1.165) is 12.0 Å². The Morgan fingerprint density at radius 1 is 1.45 bits per heavy atom. The van der Waals surface area contributed by atoms with Crippen molar-refractivity contribution in [1.29, 1.82) is 0 Å². The van der Waals surface area contributed by atoms with Crippen molar-refractivity contribution in [2.24, 2.45) is 0 Å². The van der Waals surface area contributed by atoms with Crippen molar-refractivity contribution in [1.82, 2.24) is 10.2 Å². The van der Waals surface area contributed by atoms with Crippen LogP contribution in [0.4, 0.5) is 0 Å². The lowest BCUT2D eigenvalue weighted by Crippen LogP contribution is -2.49. The third-order valence-electron chi connectivity index (χ3n) is 4.06. The zero-order valence-electron chi connectivity index (χ0n) is 11.5. The molecule has 2 saturated heterocycles. The van der Waals surface area contributed by atoms with Gasteiger partial charge in [0, 0.05) is 18.7 Å². The zero-order chi connectivity index (χ0) is 14.2. The Bertz CT molecular complexity index is 534. The predicted molar refractivity (Wildman–Crippen MR) is 79.0 cm³/mol. The quantitative estimate of drug-likeness (QED) is 0.923. The molecular formula is C15H18N2O2S. The smallest absolute Gasteiger partial charge is 0.243 e. The second kappa shape index (κ2) is 5.13. The first-order valence-electron chi connectivity index (χ1n) is 6.88. The summed E-state index contributed by atoms with van der Waals surface area (Å²) in [7, 11) is 0. The average Bonchev–Trinajstić information content (AvgIpc) is 2.95. The van der Waals surface area contributed by atoms with E-state index in [0.29, 0.717) is 18.7 Å². The summed E-state index contributed by atoms with van der Waals surface area (Å²) in [4.78, 5) is 25.9. The van der Waals surface area contributed by atoms with Gasteiger partial charge in [-0.1, -0.05) is 30.3 Å². The number of hydrogen-bond acceptors (Lipinski definition) is 3. The summed E-state index contributed by atoms with van der Waals surface area (Å²) in [5, 5.41) is 2.95. The van der Waals surface area contributed by atoms with Gasteiger partial charge in [-0.25, -0.2) is 0 Å². The van der Waals surface area contributed by atoms with E-state index in [1.54, 1.807) is 16.7 Å². The van der Waals surface area contributed by atoms with Gasteiger partial charge in [-0.05, 0) is 18.9 Å². The second-order valence-corrected chi connectivity index (χ2v) is 6.97. The van der Waals surface area contributed by atoms with E-state index in [9.17, 15) is 9.59 Å². The molecule has 2 atom stereocenters. The van der Waals surface area contributed by atoms with E-state index in [4.69, 9.17) is 0 Å². The van der Waals surface area contributed by atoms with E-state index < -0.39 is 0 Å². The van der Waals surface area contributed by atoms with Crippen LogP contribution in [0.3, 0.4) is 0 Å². The third-order valence-corrected chi connectivity index (χ3v) is 5.56. The Hall–Kier alpha value is -1.49. The number of nitrogens with zero attached hydrogens (tertiary/aromatic N) is 1. The highest BCUT2D eigenvalue weighted by Crippen LogP contribution is 2.47. The predicted octanol–water partition coefficient (Wildman–Crippen LogP) is 1.76. The van der Waals surface area contributed by atoms with Crippen LogP contribution < -0.4 is 5.32 Å². The van der Waals surface area contributed by atoms with Crippen LogP contribution in [-0.4, -0.2) is 33.4 Å². The van der Waals surface area contributed by atoms with Gasteiger partial charge in [-0.2, -0.15) is 0 Å². The van der Waals surface area contributed by atoms with Crippen LogP contribution in [0, 0.1) is 0 Å². The molecule has 2 amide bonds. The number of thioether (sulfide) groups is 1. The minimum Gasteiger partial charge on any atom is -0.350 e. The van der Waals surface area contributed by atoms with Gasteiger partial charge in [0.15, 0.2) is 0 Å². The first kappa shape index (κ1) is 13.5. The fraction of sp³-hybridized carbons (Fsp3) is 0.467. The minimum absolute atomic E-state index is 0.0414. The summed E-state index contributed by atoms with van der Waals surface area (Å²) in [6.07, 6.45) is 1.41. The highest BCUT2D eigenvalue weighted by molar-refractivity contribution is 8.01. The van der Waals surface area contributed by atoms with Crippen molar-refractivity contribution < 1.29 is 9.59 Å². The molecule has 1 aromatic carbocycles. The molecule has 106 valence electrons. The zero-order valence-corrected chi connectivity index (χ0v) is 12.3. The molecule has 20 heavy (non-hydrogen) atoms. The van der Waals surface area contributed by atoms with E-state index in [2.05, 4.69) is 12.2 Å². The summed E-state index contributed by atoms with van der Waals surface area (Å²) in [6.45, 7) is 2.58. The molecule has 2 heterocycles. The van der Waals surface area contributed by atoms with E-state index in [1.165, 1.54) is 0 Å². The van der Waals surface area contributed by atoms with Gasteiger partial charge in [0.05, 0.1) is 4.87 Å². The lowest BCUT2D eigenvalue weighted by molar-refractivity contribution is -0.138. The molecule has 2 aliphatic heterocycles. The molecule has 0 radical (unpaired) electrons. The molecule has 2 fully saturated rings. The lowest BCUT2D eigenvalue weighted by Gasteiger charge is -2.29. The maximum atomic E-state index is 12.3. The molecular weight excluding hydrogens is 272 g/mol. The monoisotopic (exact) mass is 290 g/mol. The van der Waals surface area contributed by atoms with Gasteiger partial charge in [-0.3, -0.25) is 9.59 Å². The minimum atomic E-state index is -0.316. The largest absolute Gasteiger partial charge is 0.350 e. The normalized spacial score (nSPS) is 28.6. The number of carbonyl (C=O) groups excluding carboxylic acids is 2. The first-order chi connectivity index (χ1) is 9.60. The summed E-state index contributed by atoms with van der Waals surface area (Å²) in [6, 6.07) is 9.50. The first-order valence-corrected chi connectivity index (χ1v) is 7.86. The molecule has 4 nitrogen and oxygen atoms in total. The number of nitrogens with one attached hydrogen (secondary N) is 1. The van der Waals surface area contributed by atoms with E-state index in [1.807, 2.05) is 30.3 Å². The van der Waals surface area contributed by atoms with Gasteiger partial charge in [0.25, 0.3) is 0 Å². The second-order valence-electron chi connectivity index (χ2n) is 5.47. The van der Waals surface area contributed by atoms with Crippen molar-refractivity contribution >= 4 is 23.6 Å². The Morgan fingerprint density at radius 2 is 2.20 bits per heavy atom. The standard InChI is InChI=1S/C15H18N2O2S/c1-15-8-7-13(18)17(15)12(10-20-15)14(19)16-9-11-5-3-2-4-6-11/h2-6,12H,7-10H2,1H3,(H,16,19)/t12-,15+/m0/s1. The third kappa shape index (κ3) is 2.30. The number of rotatable bonds is 3. The molecule has 3 rings (SSSR count). The molecule has 0 aliphatic carbocycles. The van der Waals surface area contributed by atoms with Crippen LogP contribution in [0.2, 0.25) is 0 Å². The van der Waals surface area contributed by atoms with Crippen LogP contribution in [0.1, 0.15) is 25.3 Å². The topological polar surface area (TPSA) is 49.4 Å². The van der Waals surface area contributed by atoms with Crippen LogP contribution >= 0.6 is 11.8 Å². The highest BCUT2D eigenvalue weighted by Gasteiger charge is 2.52. The molecule has 0 spiro atoms. The van der Waals surface area contributed by atoms with Crippen LogP contribution in [-0.2, 0) is 16.1 Å². The van der Waals surface area contributed by atoms with E-state index >= 15 is 0 Å². The average molecular weight is 290 g/mol. The Balaban J connectivity index is 1.65. The summed E-state index contributed by atoms with van der Waals surface area (Å²) < 4.78 is 0. The molecule has 1 N–H and O–H groups in total. The molecule has 1 aromatic rings.